The van der Waals surface area contributed by atoms with Gasteiger partial charge in [-0.25, -0.2) is 9.67 Å². The third kappa shape index (κ3) is 3.83. The van der Waals surface area contributed by atoms with Gasteiger partial charge in [-0.1, -0.05) is 29.3 Å². The Kier molecular flexibility index (Phi) is 4.99. The fourth-order valence-corrected chi connectivity index (χ4v) is 2.78. The van der Waals surface area contributed by atoms with Crippen molar-refractivity contribution in [1.29, 1.82) is 0 Å². The minimum atomic E-state index is -4.52. The molecule has 11 heteroatoms. The fourth-order valence-electron chi connectivity index (χ4n) is 2.22. The number of alkyl halides is 3. The van der Waals surface area contributed by atoms with Gasteiger partial charge in [0.15, 0.2) is 0 Å². The number of benzene rings is 1. The SMILES string of the molecule is Nc1c(C(=O)Nc2ccc(C(F)(F)F)cn2)cnn1-c1c(Cl)cccc1Cl. The predicted octanol–water partition coefficient (Wildman–Crippen LogP) is 4.43. The molecule has 0 atom stereocenters. The molecule has 2 heterocycles. The minimum Gasteiger partial charge on any atom is -0.383 e. The van der Waals surface area contributed by atoms with E-state index in [0.717, 1.165) is 12.1 Å². The number of nitrogens with one attached hydrogen (secondary N) is 1. The van der Waals surface area contributed by atoms with Crippen molar-refractivity contribution in [3.63, 3.8) is 0 Å². The molecular formula is C16H10Cl2F3N5O. The molecule has 0 fully saturated rings. The van der Waals surface area contributed by atoms with E-state index in [1.165, 1.54) is 10.9 Å². The molecule has 2 aromatic heterocycles. The number of rotatable bonds is 3. The van der Waals surface area contributed by atoms with Crippen LogP contribution in [0.4, 0.5) is 24.8 Å². The highest BCUT2D eigenvalue weighted by molar-refractivity contribution is 6.37. The first-order chi connectivity index (χ1) is 12.7. The number of carbonyl (C=O) groups is 1. The molecular weight excluding hydrogens is 406 g/mol. The van der Waals surface area contributed by atoms with Gasteiger partial charge in [-0.05, 0) is 24.3 Å². The maximum atomic E-state index is 12.6. The van der Waals surface area contributed by atoms with Crippen LogP contribution in [0.3, 0.4) is 0 Å². The largest absolute Gasteiger partial charge is 0.417 e. The lowest BCUT2D eigenvalue weighted by Gasteiger charge is -2.10. The number of para-hydroxylation sites is 1. The quantitative estimate of drug-likeness (QED) is 0.662. The van der Waals surface area contributed by atoms with Gasteiger partial charge in [0.25, 0.3) is 5.91 Å². The van der Waals surface area contributed by atoms with Gasteiger partial charge in [-0.2, -0.15) is 18.3 Å². The molecule has 0 bridgehead atoms. The van der Waals surface area contributed by atoms with Crippen LogP contribution in [-0.4, -0.2) is 20.7 Å². The van der Waals surface area contributed by atoms with Gasteiger partial charge in [0.2, 0.25) is 0 Å². The van der Waals surface area contributed by atoms with Crippen molar-refractivity contribution >= 4 is 40.7 Å². The Bertz CT molecular complexity index is 982. The van der Waals surface area contributed by atoms with Crippen LogP contribution in [0.1, 0.15) is 15.9 Å². The lowest BCUT2D eigenvalue weighted by Crippen LogP contribution is -2.15. The average molecular weight is 416 g/mol. The van der Waals surface area contributed by atoms with E-state index in [1.54, 1.807) is 18.2 Å². The first kappa shape index (κ1) is 19.0. The van der Waals surface area contributed by atoms with Gasteiger partial charge in [0.05, 0.1) is 21.8 Å². The van der Waals surface area contributed by atoms with Crippen LogP contribution < -0.4 is 11.1 Å². The van der Waals surface area contributed by atoms with Crippen LogP contribution in [0.15, 0.2) is 42.7 Å². The topological polar surface area (TPSA) is 85.8 Å². The molecule has 0 aliphatic heterocycles. The third-order valence-corrected chi connectivity index (χ3v) is 4.14. The highest BCUT2D eigenvalue weighted by Crippen LogP contribution is 2.31. The summed E-state index contributed by atoms with van der Waals surface area (Å²) in [6, 6.07) is 6.63. The van der Waals surface area contributed by atoms with Crippen LogP contribution in [-0.2, 0) is 6.18 Å². The summed E-state index contributed by atoms with van der Waals surface area (Å²) in [4.78, 5) is 15.9. The van der Waals surface area contributed by atoms with Crippen LogP contribution in [0.5, 0.6) is 0 Å². The predicted molar refractivity (Wildman–Crippen MR) is 95.2 cm³/mol. The molecule has 1 amide bonds. The molecule has 27 heavy (non-hydrogen) atoms. The highest BCUT2D eigenvalue weighted by Gasteiger charge is 2.30. The van der Waals surface area contributed by atoms with Gasteiger partial charge in [-0.15, -0.1) is 0 Å². The van der Waals surface area contributed by atoms with Crippen molar-refractivity contribution in [3.05, 3.63) is 63.9 Å². The number of anilines is 2. The molecule has 3 rings (SSSR count). The standard InChI is InChI=1S/C16H10Cl2F3N5O/c17-10-2-1-3-11(18)13(10)26-14(22)9(7-24-26)15(27)25-12-5-4-8(6-23-12)16(19,20)21/h1-7H,22H2,(H,23,25,27). The zero-order chi connectivity index (χ0) is 19.8. The molecule has 0 radical (unpaired) electrons. The summed E-state index contributed by atoms with van der Waals surface area (Å²) in [5.74, 6) is -0.820. The summed E-state index contributed by atoms with van der Waals surface area (Å²) in [5, 5.41) is 6.91. The Morgan fingerprint density at radius 3 is 2.33 bits per heavy atom. The number of aromatic nitrogens is 3. The number of pyridine rings is 1. The van der Waals surface area contributed by atoms with E-state index in [-0.39, 0.29) is 27.2 Å². The fraction of sp³-hybridized carbons (Fsp3) is 0.0625. The highest BCUT2D eigenvalue weighted by atomic mass is 35.5. The van der Waals surface area contributed by atoms with Gasteiger partial charge in [0.1, 0.15) is 22.9 Å². The van der Waals surface area contributed by atoms with Crippen LogP contribution in [0, 0.1) is 0 Å². The van der Waals surface area contributed by atoms with Crippen molar-refractivity contribution in [2.24, 2.45) is 0 Å². The molecule has 1 aromatic carbocycles. The molecule has 0 saturated heterocycles. The Balaban J connectivity index is 1.86. The first-order valence-electron chi connectivity index (χ1n) is 7.31. The Hall–Kier alpha value is -2.78. The molecule has 3 aromatic rings. The third-order valence-electron chi connectivity index (χ3n) is 3.53. The normalized spacial score (nSPS) is 11.4. The van der Waals surface area contributed by atoms with Crippen LogP contribution >= 0.6 is 23.2 Å². The number of nitrogen functional groups attached to an aromatic ring is 1. The Morgan fingerprint density at radius 1 is 1.11 bits per heavy atom. The zero-order valence-corrected chi connectivity index (χ0v) is 14.8. The van der Waals surface area contributed by atoms with Gasteiger partial charge in [0, 0.05) is 6.20 Å². The number of halogens is 5. The average Bonchev–Trinajstić information content (AvgIpc) is 2.96. The second kappa shape index (κ2) is 7.09. The summed E-state index contributed by atoms with van der Waals surface area (Å²) in [6.07, 6.45) is -2.71. The summed E-state index contributed by atoms with van der Waals surface area (Å²) < 4.78 is 38.9. The number of amides is 1. The molecule has 0 unspecified atom stereocenters. The lowest BCUT2D eigenvalue weighted by atomic mass is 10.2. The summed E-state index contributed by atoms with van der Waals surface area (Å²) in [7, 11) is 0. The summed E-state index contributed by atoms with van der Waals surface area (Å²) in [5.41, 5.74) is 5.31. The van der Waals surface area contributed by atoms with Crippen LogP contribution in [0.25, 0.3) is 5.69 Å². The minimum absolute atomic E-state index is 0.0207. The number of nitrogens with two attached hydrogens (primary N) is 1. The van der Waals surface area contributed by atoms with Crippen molar-refractivity contribution in [3.8, 4) is 5.69 Å². The van der Waals surface area contributed by atoms with E-state index in [0.29, 0.717) is 11.9 Å². The second-order valence-electron chi connectivity index (χ2n) is 5.31. The molecule has 6 nitrogen and oxygen atoms in total. The van der Waals surface area contributed by atoms with E-state index >= 15 is 0 Å². The number of nitrogens with zero attached hydrogens (tertiary/aromatic N) is 3. The first-order valence-corrected chi connectivity index (χ1v) is 8.06. The zero-order valence-electron chi connectivity index (χ0n) is 13.3. The maximum absolute atomic E-state index is 12.6. The Morgan fingerprint density at radius 2 is 1.78 bits per heavy atom. The van der Waals surface area contributed by atoms with Crippen molar-refractivity contribution in [2.45, 2.75) is 6.18 Å². The van der Waals surface area contributed by atoms with E-state index in [9.17, 15) is 18.0 Å². The van der Waals surface area contributed by atoms with E-state index in [1.807, 2.05) is 0 Å². The van der Waals surface area contributed by atoms with Crippen molar-refractivity contribution in [2.75, 3.05) is 11.1 Å². The maximum Gasteiger partial charge on any atom is 0.417 e. The number of carbonyl (C=O) groups excluding carboxylic acids is 1. The summed E-state index contributed by atoms with van der Waals surface area (Å²) in [6.45, 7) is 0. The molecule has 0 spiro atoms. The molecule has 3 N–H and O–H groups in total. The monoisotopic (exact) mass is 415 g/mol. The second-order valence-corrected chi connectivity index (χ2v) is 6.12. The summed E-state index contributed by atoms with van der Waals surface area (Å²) >= 11 is 12.2. The lowest BCUT2D eigenvalue weighted by molar-refractivity contribution is -0.137. The molecule has 0 saturated carbocycles. The van der Waals surface area contributed by atoms with Gasteiger partial charge < -0.3 is 11.1 Å². The van der Waals surface area contributed by atoms with E-state index in [4.69, 9.17) is 28.9 Å². The van der Waals surface area contributed by atoms with Crippen molar-refractivity contribution < 1.29 is 18.0 Å². The smallest absolute Gasteiger partial charge is 0.383 e. The molecule has 0 aliphatic carbocycles. The van der Waals surface area contributed by atoms with Crippen molar-refractivity contribution in [1.82, 2.24) is 14.8 Å². The Labute approximate surface area is 160 Å². The molecule has 140 valence electrons. The number of hydrogen-bond acceptors (Lipinski definition) is 4. The van der Waals surface area contributed by atoms with E-state index in [2.05, 4.69) is 15.4 Å². The van der Waals surface area contributed by atoms with Crippen LogP contribution in [0.2, 0.25) is 10.0 Å². The molecule has 0 aliphatic rings. The van der Waals surface area contributed by atoms with Gasteiger partial charge in [-0.3, -0.25) is 4.79 Å². The van der Waals surface area contributed by atoms with Gasteiger partial charge >= 0.3 is 6.18 Å². The van der Waals surface area contributed by atoms with E-state index < -0.39 is 17.6 Å². The number of hydrogen-bond donors (Lipinski definition) is 2.